The van der Waals surface area contributed by atoms with Crippen molar-refractivity contribution in [2.45, 2.75) is 104 Å². The summed E-state index contributed by atoms with van der Waals surface area (Å²) in [4.78, 5) is 35.1. The quantitative estimate of drug-likeness (QED) is 0.169. The van der Waals surface area contributed by atoms with E-state index in [1.54, 1.807) is 42.5 Å². The highest BCUT2D eigenvalue weighted by Crippen LogP contribution is 2.34. The predicted octanol–water partition coefficient (Wildman–Crippen LogP) is 7.87. The van der Waals surface area contributed by atoms with Gasteiger partial charge in [-0.1, -0.05) is 126 Å². The first-order valence-corrected chi connectivity index (χ1v) is 18.4. The van der Waals surface area contributed by atoms with Crippen LogP contribution in [0.1, 0.15) is 94.1 Å². The summed E-state index contributed by atoms with van der Waals surface area (Å²) >= 11 is 0. The second-order valence-corrected chi connectivity index (χ2v) is 14.7. The third-order valence-corrected chi connectivity index (χ3v) is 9.57. The number of aliphatic hydroxyl groups excluding tert-OH is 2. The van der Waals surface area contributed by atoms with Crippen LogP contribution in [0.3, 0.4) is 0 Å². The molecule has 290 valence electrons. The van der Waals surface area contributed by atoms with Gasteiger partial charge in [0.25, 0.3) is 0 Å². The maximum Gasteiger partial charge on any atom is 0.360 e. The number of nitrogens with zero attached hydrogens (tertiary/aromatic N) is 2. The fraction of sp³-hybridized carbons (Fsp3) is 0.442. The summed E-state index contributed by atoms with van der Waals surface area (Å²) < 4.78 is 28.7. The van der Waals surface area contributed by atoms with Crippen LogP contribution in [-0.2, 0) is 20.6 Å². The largest absolute Gasteiger partial charge is 0.457 e. The fourth-order valence-electron chi connectivity index (χ4n) is 5.68. The number of aliphatic hydroxyl groups is 2. The molecule has 7 atom stereocenters. The van der Waals surface area contributed by atoms with Crippen LogP contribution in [0, 0.1) is 16.7 Å². The minimum atomic E-state index is -0.863. The normalized spacial score (nSPS) is 28.6. The minimum absolute atomic E-state index is 0.0184. The van der Waals surface area contributed by atoms with Crippen molar-refractivity contribution >= 4 is 18.0 Å². The van der Waals surface area contributed by atoms with E-state index in [9.17, 15) is 19.8 Å². The zero-order valence-electron chi connectivity index (χ0n) is 32.2. The van der Waals surface area contributed by atoms with Gasteiger partial charge in [-0.2, -0.15) is 0 Å². The first-order valence-electron chi connectivity index (χ1n) is 18.4. The van der Waals surface area contributed by atoms with Crippen LogP contribution in [0.2, 0.25) is 0 Å². The van der Waals surface area contributed by atoms with E-state index in [2.05, 4.69) is 9.97 Å². The lowest BCUT2D eigenvalue weighted by atomic mass is 9.79. The fourth-order valence-corrected chi connectivity index (χ4v) is 5.68. The van der Waals surface area contributed by atoms with Gasteiger partial charge in [-0.15, -0.1) is 0 Å². The number of esters is 2. The maximum atomic E-state index is 13.3. The Kier molecular flexibility index (Phi) is 15.1. The van der Waals surface area contributed by atoms with Crippen LogP contribution in [0.15, 0.2) is 113 Å². The Labute approximate surface area is 318 Å². The van der Waals surface area contributed by atoms with E-state index in [0.29, 0.717) is 25.2 Å². The number of aromatic nitrogens is 2. The molecule has 0 spiro atoms. The molecule has 4 heterocycles. The molecule has 0 unspecified atom stereocenters. The van der Waals surface area contributed by atoms with Crippen molar-refractivity contribution in [3.63, 3.8) is 0 Å². The molecule has 4 rings (SSSR count). The van der Waals surface area contributed by atoms with Gasteiger partial charge in [0.15, 0.2) is 17.3 Å². The molecule has 54 heavy (non-hydrogen) atoms. The summed E-state index contributed by atoms with van der Waals surface area (Å²) in [7, 11) is 0. The molecule has 0 aliphatic carbocycles. The number of cyclic esters (lactones) is 2. The number of epoxide rings is 1. The van der Waals surface area contributed by atoms with E-state index < -0.39 is 47.2 Å². The van der Waals surface area contributed by atoms with Crippen molar-refractivity contribution in [1.29, 1.82) is 0 Å². The lowest BCUT2D eigenvalue weighted by Crippen LogP contribution is -2.42. The molecule has 2 aliphatic heterocycles. The third-order valence-electron chi connectivity index (χ3n) is 9.57. The molecule has 4 bridgehead atoms. The molecule has 2 aliphatic rings. The molecular formula is C43H54N2O9. The van der Waals surface area contributed by atoms with Gasteiger partial charge >= 0.3 is 11.9 Å². The highest BCUT2D eigenvalue weighted by Gasteiger charge is 2.40. The number of fused-ring (bicyclic) bond motifs is 5. The molecular weight excluding hydrogens is 688 g/mol. The zero-order valence-corrected chi connectivity index (χ0v) is 32.2. The monoisotopic (exact) mass is 742 g/mol. The van der Waals surface area contributed by atoms with Gasteiger partial charge in [0.1, 0.15) is 36.9 Å². The smallest absolute Gasteiger partial charge is 0.360 e. The molecule has 0 amide bonds. The standard InChI is InChI=1S/C43H54N2O9/c1-8-18-34(46)42(4,5)36-23-14-12-10-11-13-20-29(3)26-39-45-31(28-51-39)41(49)54-37(43(6,7)35(47)19-9-2)24-17-22-33-32(52-33)21-15-16-25-38-44-30(27-50-38)40(48)53-36/h8-22,25,27-29,32-37,46-47H,23-24,26H2,1-7H3/b11-10-,14-12-,18-8+,19-9+,20-13+,21-15+,22-17-,25-16-/t29-,32-,33+,34-,35-,36-,37-/m0/s1. The molecule has 0 radical (unpaired) electrons. The maximum absolute atomic E-state index is 13.3. The Morgan fingerprint density at radius 3 is 1.93 bits per heavy atom. The molecule has 11 nitrogen and oxygen atoms in total. The first kappa shape index (κ1) is 41.9. The summed E-state index contributed by atoms with van der Waals surface area (Å²) in [5, 5.41) is 21.8. The van der Waals surface area contributed by atoms with Gasteiger partial charge in [-0.05, 0) is 19.8 Å². The predicted molar refractivity (Wildman–Crippen MR) is 206 cm³/mol. The van der Waals surface area contributed by atoms with Gasteiger partial charge in [0, 0.05) is 36.2 Å². The molecule has 2 aromatic heterocycles. The number of allylic oxidation sites excluding steroid dienone is 9. The number of carbonyl (C=O) groups is 2. The second-order valence-electron chi connectivity index (χ2n) is 14.7. The van der Waals surface area contributed by atoms with Gasteiger partial charge in [0.2, 0.25) is 5.89 Å². The Morgan fingerprint density at radius 2 is 1.28 bits per heavy atom. The Hall–Kier alpha value is -4.84. The van der Waals surface area contributed by atoms with Gasteiger partial charge in [-0.3, -0.25) is 0 Å². The SMILES string of the molecule is C/C=C/[C@H](O)C(C)(C)[C@@H]1C\C=C/C=C\C=C\[C@H](C)Cc2nc(co2)C(=O)O[C@H](C(C)(C)[C@@H](O)/C=C/C)C/C=C\[C@H]2O[C@H]2/C=C/C=C\c2nc(co2)C(=O)O1. The van der Waals surface area contributed by atoms with Crippen LogP contribution >= 0.6 is 0 Å². The lowest BCUT2D eigenvalue weighted by Gasteiger charge is -2.36. The summed E-state index contributed by atoms with van der Waals surface area (Å²) in [5.41, 5.74) is -1.56. The van der Waals surface area contributed by atoms with Crippen molar-refractivity contribution in [3.8, 4) is 0 Å². The average molecular weight is 743 g/mol. The van der Waals surface area contributed by atoms with E-state index in [-0.39, 0.29) is 35.4 Å². The van der Waals surface area contributed by atoms with Gasteiger partial charge in [0.05, 0.1) is 12.2 Å². The lowest BCUT2D eigenvalue weighted by molar-refractivity contribution is -0.0461. The van der Waals surface area contributed by atoms with Crippen molar-refractivity contribution in [2.75, 3.05) is 0 Å². The van der Waals surface area contributed by atoms with Crippen molar-refractivity contribution < 1.29 is 42.8 Å². The summed E-state index contributed by atoms with van der Waals surface area (Å²) in [6.07, 6.45) is 29.3. The van der Waals surface area contributed by atoms with Crippen LogP contribution < -0.4 is 0 Å². The zero-order chi connectivity index (χ0) is 39.3. The second kappa shape index (κ2) is 19.5. The average Bonchev–Trinajstić information content (AvgIpc) is 3.45. The van der Waals surface area contributed by atoms with Crippen LogP contribution in [0.25, 0.3) is 6.08 Å². The molecule has 2 N–H and O–H groups in total. The molecule has 0 aromatic carbocycles. The number of hydrogen-bond acceptors (Lipinski definition) is 11. The van der Waals surface area contributed by atoms with Crippen LogP contribution in [0.5, 0.6) is 0 Å². The first-order chi connectivity index (χ1) is 25.8. The minimum Gasteiger partial charge on any atom is -0.457 e. The van der Waals surface area contributed by atoms with E-state index >= 15 is 0 Å². The number of ether oxygens (including phenoxy) is 3. The number of carbonyl (C=O) groups excluding carboxylic acids is 2. The third kappa shape index (κ3) is 11.8. The van der Waals surface area contributed by atoms with E-state index in [1.165, 1.54) is 12.5 Å². The highest BCUT2D eigenvalue weighted by molar-refractivity contribution is 5.87. The highest BCUT2D eigenvalue weighted by atomic mass is 16.6. The topological polar surface area (TPSA) is 158 Å². The Bertz CT molecular complexity index is 1780. The van der Waals surface area contributed by atoms with Gasteiger partial charge < -0.3 is 33.3 Å². The summed E-state index contributed by atoms with van der Waals surface area (Å²) in [6, 6.07) is 0. The number of hydrogen-bond donors (Lipinski definition) is 2. The number of rotatable bonds is 6. The Balaban J connectivity index is 1.56. The molecule has 11 heteroatoms. The molecule has 1 fully saturated rings. The summed E-state index contributed by atoms with van der Waals surface area (Å²) in [5.74, 6) is -0.620. The molecule has 1 saturated heterocycles. The van der Waals surface area contributed by atoms with Crippen molar-refractivity contribution in [1.82, 2.24) is 9.97 Å². The van der Waals surface area contributed by atoms with Crippen LogP contribution in [0.4, 0.5) is 0 Å². The summed E-state index contributed by atoms with van der Waals surface area (Å²) in [6.45, 7) is 13.0. The van der Waals surface area contributed by atoms with Gasteiger partial charge in [-0.25, -0.2) is 19.6 Å². The van der Waals surface area contributed by atoms with E-state index in [0.717, 1.165) is 0 Å². The van der Waals surface area contributed by atoms with Crippen molar-refractivity contribution in [2.24, 2.45) is 16.7 Å². The van der Waals surface area contributed by atoms with Crippen LogP contribution in [-0.4, -0.2) is 68.7 Å². The van der Waals surface area contributed by atoms with Crippen molar-refractivity contribution in [3.05, 3.63) is 127 Å². The Morgan fingerprint density at radius 1 is 0.722 bits per heavy atom. The molecule has 0 saturated carbocycles. The van der Waals surface area contributed by atoms with E-state index in [4.69, 9.17) is 23.0 Å². The molecule has 2 aromatic rings. The van der Waals surface area contributed by atoms with E-state index in [1.807, 2.05) is 103 Å². The number of oxazole rings is 2.